The molecule has 0 aliphatic rings. The summed E-state index contributed by atoms with van der Waals surface area (Å²) in [5, 5.41) is 4.38. The van der Waals surface area contributed by atoms with Gasteiger partial charge >= 0.3 is 0 Å². The first-order valence-electron chi connectivity index (χ1n) is 7.06. The third kappa shape index (κ3) is 3.46. The molecule has 0 fully saturated rings. The summed E-state index contributed by atoms with van der Waals surface area (Å²) in [6.45, 7) is 15.0. The van der Waals surface area contributed by atoms with Crippen molar-refractivity contribution in [3.63, 3.8) is 0 Å². The Morgan fingerprint density at radius 1 is 1.06 bits per heavy atom. The van der Waals surface area contributed by atoms with Crippen molar-refractivity contribution < 1.29 is 4.43 Å². The molecular weight excluding hydrogens is 256 g/mol. The summed E-state index contributed by atoms with van der Waals surface area (Å²) in [4.78, 5) is 0. The molecule has 0 amide bonds. The van der Waals surface area contributed by atoms with E-state index < -0.39 is 8.32 Å². The van der Waals surface area contributed by atoms with Crippen molar-refractivity contribution in [3.8, 4) is 0 Å². The average Bonchev–Trinajstić information content (AvgIpc) is 2.75. The molecule has 0 aromatic carbocycles. The zero-order chi connectivity index (χ0) is 13.8. The van der Waals surface area contributed by atoms with Crippen molar-refractivity contribution in [3.05, 3.63) is 22.4 Å². The van der Waals surface area contributed by atoms with E-state index in [4.69, 9.17) is 4.43 Å². The van der Waals surface area contributed by atoms with Crippen LogP contribution in [0.5, 0.6) is 0 Å². The van der Waals surface area contributed by atoms with E-state index in [1.165, 1.54) is 5.56 Å². The highest BCUT2D eigenvalue weighted by atomic mass is 32.1. The Morgan fingerprint density at radius 3 is 2.00 bits per heavy atom. The first-order valence-corrected chi connectivity index (χ1v) is 10.1. The fourth-order valence-corrected chi connectivity index (χ4v) is 9.44. The summed E-state index contributed by atoms with van der Waals surface area (Å²) in [5.74, 6) is 0. The van der Waals surface area contributed by atoms with Crippen LogP contribution in [0.1, 0.15) is 47.1 Å². The Hall–Kier alpha value is -0.123. The van der Waals surface area contributed by atoms with Crippen LogP contribution in [0.25, 0.3) is 0 Å². The van der Waals surface area contributed by atoms with Gasteiger partial charge in [0.15, 0.2) is 8.32 Å². The highest BCUT2D eigenvalue weighted by Crippen LogP contribution is 2.42. The number of hydrogen-bond donors (Lipinski definition) is 0. The predicted octanol–water partition coefficient (Wildman–Crippen LogP) is 5.48. The second-order valence-corrected chi connectivity index (χ2v) is 12.3. The SMILES string of the molecule is CC(C)[Si](OCCc1ccsc1)(C(C)C)C(C)C. The van der Waals surface area contributed by atoms with Crippen molar-refractivity contribution in [2.75, 3.05) is 6.61 Å². The van der Waals surface area contributed by atoms with Crippen LogP contribution in [0.15, 0.2) is 16.8 Å². The molecular formula is C15H28OSSi. The quantitative estimate of drug-likeness (QED) is 0.602. The van der Waals surface area contributed by atoms with Gasteiger partial charge in [0.05, 0.1) is 0 Å². The van der Waals surface area contributed by atoms with Gasteiger partial charge in [-0.2, -0.15) is 11.3 Å². The fraction of sp³-hybridized carbons (Fsp3) is 0.733. The summed E-state index contributed by atoms with van der Waals surface area (Å²) in [6, 6.07) is 2.21. The third-order valence-electron chi connectivity index (χ3n) is 4.03. The van der Waals surface area contributed by atoms with Gasteiger partial charge in [0.25, 0.3) is 0 Å². The van der Waals surface area contributed by atoms with Crippen LogP contribution in [0, 0.1) is 0 Å². The molecule has 104 valence electrons. The van der Waals surface area contributed by atoms with E-state index in [-0.39, 0.29) is 0 Å². The minimum absolute atomic E-state index is 0.681. The summed E-state index contributed by atoms with van der Waals surface area (Å²) in [7, 11) is -1.66. The van der Waals surface area contributed by atoms with Crippen LogP contribution in [0.4, 0.5) is 0 Å². The Labute approximate surface area is 118 Å². The van der Waals surface area contributed by atoms with Gasteiger partial charge in [-0.3, -0.25) is 0 Å². The largest absolute Gasteiger partial charge is 0.416 e. The van der Waals surface area contributed by atoms with E-state index >= 15 is 0 Å². The average molecular weight is 285 g/mol. The lowest BCUT2D eigenvalue weighted by Crippen LogP contribution is -2.48. The molecule has 0 radical (unpaired) electrons. The summed E-state index contributed by atoms with van der Waals surface area (Å²) in [5.41, 5.74) is 3.46. The van der Waals surface area contributed by atoms with Crippen LogP contribution in [0.3, 0.4) is 0 Å². The van der Waals surface area contributed by atoms with E-state index in [1.807, 2.05) is 0 Å². The van der Waals surface area contributed by atoms with Crippen LogP contribution in [-0.4, -0.2) is 14.9 Å². The normalized spacial score (nSPS) is 12.9. The lowest BCUT2D eigenvalue weighted by molar-refractivity contribution is 0.281. The minimum Gasteiger partial charge on any atom is -0.416 e. The van der Waals surface area contributed by atoms with Crippen molar-refractivity contribution in [2.24, 2.45) is 0 Å². The van der Waals surface area contributed by atoms with Gasteiger partial charge in [0.1, 0.15) is 0 Å². The maximum absolute atomic E-state index is 6.53. The monoisotopic (exact) mass is 284 g/mol. The molecule has 0 bridgehead atoms. The van der Waals surface area contributed by atoms with Gasteiger partial charge in [-0.05, 0) is 45.4 Å². The molecule has 1 aromatic rings. The van der Waals surface area contributed by atoms with Crippen LogP contribution >= 0.6 is 11.3 Å². The summed E-state index contributed by atoms with van der Waals surface area (Å²) < 4.78 is 6.53. The van der Waals surface area contributed by atoms with E-state index in [0.717, 1.165) is 13.0 Å². The second kappa shape index (κ2) is 6.87. The van der Waals surface area contributed by atoms with E-state index in [0.29, 0.717) is 16.6 Å². The Bertz CT molecular complexity index is 308. The van der Waals surface area contributed by atoms with Gasteiger partial charge in [-0.15, -0.1) is 0 Å². The Morgan fingerprint density at radius 2 is 1.61 bits per heavy atom. The zero-order valence-electron chi connectivity index (χ0n) is 12.7. The molecule has 0 N–H and O–H groups in total. The highest BCUT2D eigenvalue weighted by Gasteiger charge is 2.44. The van der Waals surface area contributed by atoms with Gasteiger partial charge in [-0.1, -0.05) is 41.5 Å². The first-order chi connectivity index (χ1) is 8.41. The molecule has 0 saturated heterocycles. The molecule has 1 rings (SSSR count). The van der Waals surface area contributed by atoms with Gasteiger partial charge in [-0.25, -0.2) is 0 Å². The maximum atomic E-state index is 6.53. The minimum atomic E-state index is -1.66. The maximum Gasteiger partial charge on any atom is 0.200 e. The van der Waals surface area contributed by atoms with Crippen molar-refractivity contribution in [1.82, 2.24) is 0 Å². The standard InChI is InChI=1S/C15H28OSSi/c1-12(2)18(13(3)4,14(5)6)16-9-7-15-8-10-17-11-15/h8,10-14H,7,9H2,1-6H3. The molecule has 0 atom stereocenters. The molecule has 0 unspecified atom stereocenters. The molecule has 1 heterocycles. The molecule has 1 aromatic heterocycles. The van der Waals surface area contributed by atoms with Gasteiger partial charge in [0, 0.05) is 6.61 Å². The molecule has 18 heavy (non-hydrogen) atoms. The molecule has 0 spiro atoms. The fourth-order valence-electron chi connectivity index (χ4n) is 3.28. The van der Waals surface area contributed by atoms with Crippen LogP contribution in [-0.2, 0) is 10.8 Å². The van der Waals surface area contributed by atoms with Crippen molar-refractivity contribution in [2.45, 2.75) is 64.6 Å². The summed E-state index contributed by atoms with van der Waals surface area (Å²) >= 11 is 1.77. The van der Waals surface area contributed by atoms with Crippen LogP contribution < -0.4 is 0 Å². The lowest BCUT2D eigenvalue weighted by Gasteiger charge is -2.42. The molecule has 0 saturated carbocycles. The number of thiophene rings is 1. The molecule has 0 aliphatic heterocycles. The smallest absolute Gasteiger partial charge is 0.200 e. The first kappa shape index (κ1) is 15.9. The van der Waals surface area contributed by atoms with Crippen molar-refractivity contribution in [1.29, 1.82) is 0 Å². The lowest BCUT2D eigenvalue weighted by atomic mass is 10.3. The Kier molecular flexibility index (Phi) is 6.08. The third-order valence-corrected chi connectivity index (χ3v) is 10.9. The topological polar surface area (TPSA) is 9.23 Å². The Balaban J connectivity index is 2.67. The molecule has 3 heteroatoms. The van der Waals surface area contributed by atoms with Gasteiger partial charge in [0.2, 0.25) is 0 Å². The van der Waals surface area contributed by atoms with E-state index in [2.05, 4.69) is 58.4 Å². The predicted molar refractivity (Wildman–Crippen MR) is 85.0 cm³/mol. The molecule has 1 nitrogen and oxygen atoms in total. The highest BCUT2D eigenvalue weighted by molar-refractivity contribution is 7.07. The van der Waals surface area contributed by atoms with E-state index in [9.17, 15) is 0 Å². The second-order valence-electron chi connectivity index (χ2n) is 6.05. The summed E-state index contributed by atoms with van der Waals surface area (Å²) in [6.07, 6.45) is 1.06. The molecule has 0 aliphatic carbocycles. The number of hydrogen-bond acceptors (Lipinski definition) is 2. The number of rotatable bonds is 7. The van der Waals surface area contributed by atoms with Crippen molar-refractivity contribution >= 4 is 19.7 Å². The van der Waals surface area contributed by atoms with Crippen LogP contribution in [0.2, 0.25) is 16.6 Å². The van der Waals surface area contributed by atoms with Gasteiger partial charge < -0.3 is 4.43 Å². The zero-order valence-corrected chi connectivity index (χ0v) is 14.5. The van der Waals surface area contributed by atoms with E-state index in [1.54, 1.807) is 11.3 Å².